The molecule has 0 saturated carbocycles. The molecule has 2 aromatic carbocycles. The van der Waals surface area contributed by atoms with Crippen LogP contribution in [0.2, 0.25) is 0 Å². The highest BCUT2D eigenvalue weighted by molar-refractivity contribution is 5.97. The topological polar surface area (TPSA) is 76.7 Å². The molecule has 1 fully saturated rings. The highest BCUT2D eigenvalue weighted by Gasteiger charge is 2.23. The number of ether oxygens (including phenoxy) is 2. The van der Waals surface area contributed by atoms with Crippen molar-refractivity contribution in [1.29, 1.82) is 0 Å². The number of anilines is 1. The molecule has 0 spiro atoms. The van der Waals surface area contributed by atoms with Gasteiger partial charge in [-0.2, -0.15) is 0 Å². The molecule has 6 heteroatoms. The monoisotopic (exact) mass is 410 g/mol. The molecule has 6 nitrogen and oxygen atoms in total. The van der Waals surface area contributed by atoms with E-state index in [1.807, 2.05) is 56.3 Å². The van der Waals surface area contributed by atoms with Gasteiger partial charge in [0.1, 0.15) is 18.4 Å². The second kappa shape index (κ2) is 10.8. The number of hydrogen-bond donors (Lipinski definition) is 2. The molecule has 2 unspecified atom stereocenters. The van der Waals surface area contributed by atoms with Gasteiger partial charge >= 0.3 is 0 Å². The minimum Gasteiger partial charge on any atom is -0.491 e. The van der Waals surface area contributed by atoms with E-state index in [4.69, 9.17) is 9.47 Å². The maximum Gasteiger partial charge on any atom is 0.251 e. The molecule has 1 aliphatic rings. The Kier molecular flexibility index (Phi) is 7.85. The zero-order chi connectivity index (χ0) is 21.3. The first-order chi connectivity index (χ1) is 14.5. The van der Waals surface area contributed by atoms with Gasteiger partial charge in [-0.1, -0.05) is 44.2 Å². The Bertz CT molecular complexity index is 815. The summed E-state index contributed by atoms with van der Waals surface area (Å²) in [5, 5.41) is 5.75. The van der Waals surface area contributed by atoms with E-state index in [0.717, 1.165) is 30.8 Å². The number of benzene rings is 2. The number of rotatable bonds is 9. The summed E-state index contributed by atoms with van der Waals surface area (Å²) in [7, 11) is 0. The van der Waals surface area contributed by atoms with Crippen molar-refractivity contribution >= 4 is 17.5 Å². The average molecular weight is 411 g/mol. The summed E-state index contributed by atoms with van der Waals surface area (Å²) in [5.74, 6) is 0.512. The van der Waals surface area contributed by atoms with Crippen LogP contribution in [-0.2, 0) is 14.3 Å². The van der Waals surface area contributed by atoms with Gasteiger partial charge in [0.15, 0.2) is 0 Å². The van der Waals surface area contributed by atoms with Gasteiger partial charge < -0.3 is 20.1 Å². The van der Waals surface area contributed by atoms with Crippen LogP contribution in [0.15, 0.2) is 54.6 Å². The smallest absolute Gasteiger partial charge is 0.251 e. The molecule has 1 aliphatic heterocycles. The summed E-state index contributed by atoms with van der Waals surface area (Å²) in [6, 6.07) is 15.7. The minimum absolute atomic E-state index is 0.146. The van der Waals surface area contributed by atoms with Gasteiger partial charge in [0.2, 0.25) is 5.91 Å². The summed E-state index contributed by atoms with van der Waals surface area (Å²) in [5.41, 5.74) is 1.38. The van der Waals surface area contributed by atoms with Crippen LogP contribution in [0.4, 0.5) is 5.69 Å². The first-order valence-electron chi connectivity index (χ1n) is 10.5. The van der Waals surface area contributed by atoms with Crippen molar-refractivity contribution in [3.63, 3.8) is 0 Å². The number of nitrogens with one attached hydrogen (secondary N) is 2. The largest absolute Gasteiger partial charge is 0.491 e. The van der Waals surface area contributed by atoms with Gasteiger partial charge in [-0.25, -0.2) is 0 Å². The normalized spacial score (nSPS) is 16.8. The predicted octanol–water partition coefficient (Wildman–Crippen LogP) is 4.09. The Labute approximate surface area is 178 Å². The van der Waals surface area contributed by atoms with E-state index >= 15 is 0 Å². The van der Waals surface area contributed by atoms with Crippen molar-refractivity contribution in [2.75, 3.05) is 18.5 Å². The lowest BCUT2D eigenvalue weighted by atomic mass is 10.0. The quantitative estimate of drug-likeness (QED) is 0.653. The van der Waals surface area contributed by atoms with Crippen LogP contribution in [0.1, 0.15) is 44.7 Å². The van der Waals surface area contributed by atoms with Gasteiger partial charge in [0, 0.05) is 18.7 Å². The standard InChI is InChI=1S/C24H30N2O4/c1-17(2)15-22(27)26-23(18-7-4-3-5-8-18)24(28)25-19-10-12-20(13-11-19)30-16-21-9-6-14-29-21/h3-5,7-8,10-13,17,21,23H,6,9,14-16H2,1-2H3,(H,25,28)(H,26,27). The molecular weight excluding hydrogens is 380 g/mol. The minimum atomic E-state index is -0.757. The third kappa shape index (κ3) is 6.59. The highest BCUT2D eigenvalue weighted by atomic mass is 16.5. The van der Waals surface area contributed by atoms with Crippen LogP contribution < -0.4 is 15.4 Å². The lowest BCUT2D eigenvalue weighted by molar-refractivity contribution is -0.127. The Morgan fingerprint density at radius 3 is 2.47 bits per heavy atom. The molecule has 0 radical (unpaired) electrons. The molecule has 2 aromatic rings. The van der Waals surface area contributed by atoms with Gasteiger partial charge in [-0.3, -0.25) is 9.59 Å². The highest BCUT2D eigenvalue weighted by Crippen LogP contribution is 2.21. The zero-order valence-corrected chi connectivity index (χ0v) is 17.6. The fourth-order valence-corrected chi connectivity index (χ4v) is 3.35. The zero-order valence-electron chi connectivity index (χ0n) is 17.6. The van der Waals surface area contributed by atoms with Crippen molar-refractivity contribution in [3.05, 3.63) is 60.2 Å². The van der Waals surface area contributed by atoms with Crippen molar-refractivity contribution in [1.82, 2.24) is 5.32 Å². The first-order valence-corrected chi connectivity index (χ1v) is 10.5. The van der Waals surface area contributed by atoms with Crippen molar-refractivity contribution in [3.8, 4) is 5.75 Å². The lowest BCUT2D eigenvalue weighted by Gasteiger charge is -2.20. The number of carbonyl (C=O) groups is 2. The van der Waals surface area contributed by atoms with E-state index in [2.05, 4.69) is 10.6 Å². The Hall–Kier alpha value is -2.86. The fourth-order valence-electron chi connectivity index (χ4n) is 3.35. The van der Waals surface area contributed by atoms with E-state index < -0.39 is 6.04 Å². The van der Waals surface area contributed by atoms with Gasteiger partial charge in [-0.15, -0.1) is 0 Å². The molecule has 2 N–H and O–H groups in total. The van der Waals surface area contributed by atoms with E-state index in [0.29, 0.717) is 18.7 Å². The number of amides is 2. The van der Waals surface area contributed by atoms with E-state index in [1.165, 1.54) is 0 Å². The third-order valence-electron chi connectivity index (χ3n) is 4.88. The number of carbonyl (C=O) groups excluding carboxylic acids is 2. The lowest BCUT2D eigenvalue weighted by Crippen LogP contribution is -2.37. The molecule has 2 amide bonds. The summed E-state index contributed by atoms with van der Waals surface area (Å²) < 4.78 is 11.3. The van der Waals surface area contributed by atoms with Gasteiger partial charge in [0.05, 0.1) is 6.10 Å². The average Bonchev–Trinajstić information content (AvgIpc) is 3.25. The Morgan fingerprint density at radius 1 is 1.10 bits per heavy atom. The second-order valence-corrected chi connectivity index (χ2v) is 7.97. The summed E-state index contributed by atoms with van der Waals surface area (Å²) in [4.78, 5) is 25.2. The van der Waals surface area contributed by atoms with E-state index in [-0.39, 0.29) is 23.8 Å². The molecular formula is C24H30N2O4. The molecule has 0 aliphatic carbocycles. The van der Waals surface area contributed by atoms with Gasteiger partial charge in [0.25, 0.3) is 5.91 Å². The van der Waals surface area contributed by atoms with Crippen LogP contribution in [-0.4, -0.2) is 31.1 Å². The predicted molar refractivity (Wildman–Crippen MR) is 116 cm³/mol. The molecule has 0 aromatic heterocycles. The van der Waals surface area contributed by atoms with Crippen LogP contribution in [0.3, 0.4) is 0 Å². The summed E-state index contributed by atoms with van der Waals surface area (Å²) in [6.45, 7) is 5.28. The van der Waals surface area contributed by atoms with Crippen molar-refractivity contribution in [2.24, 2.45) is 5.92 Å². The molecule has 3 rings (SSSR count). The van der Waals surface area contributed by atoms with Crippen molar-refractivity contribution in [2.45, 2.75) is 45.3 Å². The molecule has 1 heterocycles. The van der Waals surface area contributed by atoms with E-state index in [1.54, 1.807) is 12.1 Å². The molecule has 160 valence electrons. The van der Waals surface area contributed by atoms with Gasteiger partial charge in [-0.05, 0) is 48.6 Å². The third-order valence-corrected chi connectivity index (χ3v) is 4.88. The summed E-state index contributed by atoms with van der Waals surface area (Å²) >= 11 is 0. The summed E-state index contributed by atoms with van der Waals surface area (Å²) in [6.07, 6.45) is 2.63. The molecule has 1 saturated heterocycles. The van der Waals surface area contributed by atoms with Crippen LogP contribution in [0.5, 0.6) is 5.75 Å². The molecule has 0 bridgehead atoms. The molecule has 30 heavy (non-hydrogen) atoms. The van der Waals surface area contributed by atoms with Crippen LogP contribution in [0.25, 0.3) is 0 Å². The van der Waals surface area contributed by atoms with Crippen molar-refractivity contribution < 1.29 is 19.1 Å². The Balaban J connectivity index is 1.62. The van der Waals surface area contributed by atoms with Crippen LogP contribution >= 0.6 is 0 Å². The van der Waals surface area contributed by atoms with Crippen LogP contribution in [0, 0.1) is 5.92 Å². The second-order valence-electron chi connectivity index (χ2n) is 7.97. The molecule has 2 atom stereocenters. The maximum absolute atomic E-state index is 12.9. The Morgan fingerprint density at radius 2 is 1.83 bits per heavy atom. The number of hydrogen-bond acceptors (Lipinski definition) is 4. The maximum atomic E-state index is 12.9. The fraction of sp³-hybridized carbons (Fsp3) is 0.417. The SMILES string of the molecule is CC(C)CC(=O)NC(C(=O)Nc1ccc(OCC2CCCO2)cc1)c1ccccc1. The van der Waals surface area contributed by atoms with E-state index in [9.17, 15) is 9.59 Å². The first kappa shape index (κ1) is 21.8.